The molecule has 2 aromatic rings. The minimum Gasteiger partial charge on any atom is -0.353 e. The van der Waals surface area contributed by atoms with E-state index in [0.717, 1.165) is 18.4 Å². The molecule has 3 rings (SSSR count). The third kappa shape index (κ3) is 3.12. The molecule has 0 unspecified atom stereocenters. The van der Waals surface area contributed by atoms with E-state index >= 15 is 0 Å². The second-order valence-corrected chi connectivity index (χ2v) is 5.55. The summed E-state index contributed by atoms with van der Waals surface area (Å²) >= 11 is 0. The van der Waals surface area contributed by atoms with Crippen molar-refractivity contribution in [2.45, 2.75) is 44.7 Å². The fourth-order valence-electron chi connectivity index (χ4n) is 2.92. The summed E-state index contributed by atoms with van der Waals surface area (Å²) in [5, 5.41) is 7.84. The normalized spacial score (nSPS) is 15.4. The Labute approximate surface area is 123 Å². The summed E-state index contributed by atoms with van der Waals surface area (Å²) in [4.78, 5) is 23.7. The van der Waals surface area contributed by atoms with Crippen molar-refractivity contribution in [1.29, 1.82) is 0 Å². The largest absolute Gasteiger partial charge is 0.353 e. The van der Waals surface area contributed by atoms with Crippen molar-refractivity contribution in [1.82, 2.24) is 15.1 Å². The Balaban J connectivity index is 1.69. The van der Waals surface area contributed by atoms with E-state index in [4.69, 9.17) is 0 Å². The molecule has 0 radical (unpaired) electrons. The summed E-state index contributed by atoms with van der Waals surface area (Å²) in [5.74, 6) is 0.0616. The number of aryl methyl sites for hydroxylation is 1. The molecule has 1 saturated carbocycles. The minimum absolute atomic E-state index is 0.0616. The Kier molecular flexibility index (Phi) is 3.99. The number of carbonyl (C=O) groups excluding carboxylic acids is 1. The first-order valence-electron chi connectivity index (χ1n) is 7.48. The van der Waals surface area contributed by atoms with Crippen LogP contribution in [-0.4, -0.2) is 21.7 Å². The zero-order valence-electron chi connectivity index (χ0n) is 11.9. The van der Waals surface area contributed by atoms with E-state index in [1.165, 1.54) is 19.0 Å². The van der Waals surface area contributed by atoms with Crippen LogP contribution in [0.5, 0.6) is 0 Å². The van der Waals surface area contributed by atoms with Gasteiger partial charge in [-0.3, -0.25) is 14.3 Å². The lowest BCUT2D eigenvalue weighted by atomic mass is 10.2. The lowest BCUT2D eigenvalue weighted by Crippen LogP contribution is -2.33. The van der Waals surface area contributed by atoms with Crippen molar-refractivity contribution in [3.05, 3.63) is 40.7 Å². The van der Waals surface area contributed by atoms with Crippen molar-refractivity contribution in [2.75, 3.05) is 0 Å². The van der Waals surface area contributed by atoms with Crippen molar-refractivity contribution >= 4 is 16.8 Å². The highest BCUT2D eigenvalue weighted by Gasteiger charge is 2.17. The molecule has 5 heteroatoms. The molecule has 1 amide bonds. The van der Waals surface area contributed by atoms with Crippen LogP contribution in [-0.2, 0) is 11.3 Å². The average Bonchev–Trinajstić information content (AvgIpc) is 3.00. The second kappa shape index (κ2) is 6.08. The van der Waals surface area contributed by atoms with Gasteiger partial charge >= 0.3 is 0 Å². The first-order chi connectivity index (χ1) is 10.2. The number of hydrogen-bond acceptors (Lipinski definition) is 3. The zero-order valence-corrected chi connectivity index (χ0v) is 11.9. The number of rotatable bonds is 4. The van der Waals surface area contributed by atoms with Gasteiger partial charge in [0.2, 0.25) is 11.3 Å². The zero-order chi connectivity index (χ0) is 14.7. The molecule has 0 bridgehead atoms. The molecule has 1 aliphatic rings. The molecule has 110 valence electrons. The maximum Gasteiger partial charge on any atom is 0.222 e. The van der Waals surface area contributed by atoms with E-state index in [2.05, 4.69) is 10.4 Å². The number of nitrogens with zero attached hydrogens (tertiary/aromatic N) is 2. The van der Waals surface area contributed by atoms with Crippen LogP contribution in [0.2, 0.25) is 0 Å². The quantitative estimate of drug-likeness (QED) is 0.932. The number of aromatic nitrogens is 2. The first kappa shape index (κ1) is 13.8. The molecule has 0 atom stereocenters. The van der Waals surface area contributed by atoms with E-state index in [1.54, 1.807) is 10.7 Å². The van der Waals surface area contributed by atoms with Gasteiger partial charge in [0.15, 0.2) is 0 Å². The average molecular weight is 285 g/mol. The van der Waals surface area contributed by atoms with Crippen molar-refractivity contribution in [2.24, 2.45) is 0 Å². The van der Waals surface area contributed by atoms with E-state index in [9.17, 15) is 9.59 Å². The highest BCUT2D eigenvalue weighted by molar-refractivity contribution is 5.79. The van der Waals surface area contributed by atoms with Crippen LogP contribution in [0, 0.1) is 0 Å². The van der Waals surface area contributed by atoms with Gasteiger partial charge < -0.3 is 5.32 Å². The van der Waals surface area contributed by atoms with Crippen LogP contribution in [0.4, 0.5) is 0 Å². The van der Waals surface area contributed by atoms with Crippen LogP contribution in [0.3, 0.4) is 0 Å². The molecule has 21 heavy (non-hydrogen) atoms. The van der Waals surface area contributed by atoms with Crippen LogP contribution in [0.25, 0.3) is 10.9 Å². The van der Waals surface area contributed by atoms with Gasteiger partial charge in [0.05, 0.1) is 18.3 Å². The van der Waals surface area contributed by atoms with Crippen LogP contribution in [0.1, 0.15) is 32.1 Å². The number of fused-ring (bicyclic) bond motifs is 1. The number of benzene rings is 1. The van der Waals surface area contributed by atoms with E-state index in [-0.39, 0.29) is 11.3 Å². The predicted octanol–water partition coefficient (Wildman–Crippen LogP) is 1.85. The van der Waals surface area contributed by atoms with Gasteiger partial charge in [0, 0.05) is 17.8 Å². The summed E-state index contributed by atoms with van der Waals surface area (Å²) in [5.41, 5.74) is 0.691. The summed E-state index contributed by atoms with van der Waals surface area (Å²) < 4.78 is 1.73. The lowest BCUT2D eigenvalue weighted by Gasteiger charge is -2.13. The number of para-hydroxylation sites is 1. The van der Waals surface area contributed by atoms with E-state index in [1.807, 2.05) is 18.2 Å². The monoisotopic (exact) mass is 285 g/mol. The molecule has 0 saturated heterocycles. The van der Waals surface area contributed by atoms with Crippen molar-refractivity contribution in [3.63, 3.8) is 0 Å². The highest BCUT2D eigenvalue weighted by atomic mass is 16.1. The van der Waals surface area contributed by atoms with Gasteiger partial charge in [-0.15, -0.1) is 0 Å². The fraction of sp³-hybridized carbons (Fsp3) is 0.438. The second-order valence-electron chi connectivity index (χ2n) is 5.55. The Morgan fingerprint density at radius 1 is 1.29 bits per heavy atom. The van der Waals surface area contributed by atoms with Gasteiger partial charge in [0.25, 0.3) is 0 Å². The Morgan fingerprint density at radius 2 is 2.05 bits per heavy atom. The van der Waals surface area contributed by atoms with Crippen LogP contribution < -0.4 is 10.7 Å². The Morgan fingerprint density at radius 3 is 2.86 bits per heavy atom. The molecule has 1 aromatic carbocycles. The van der Waals surface area contributed by atoms with Gasteiger partial charge in [-0.25, -0.2) is 0 Å². The summed E-state index contributed by atoms with van der Waals surface area (Å²) in [6, 6.07) is 7.70. The lowest BCUT2D eigenvalue weighted by molar-refractivity contribution is -0.122. The topological polar surface area (TPSA) is 64.0 Å². The number of carbonyl (C=O) groups is 1. The number of amides is 1. The van der Waals surface area contributed by atoms with Crippen molar-refractivity contribution in [3.8, 4) is 0 Å². The molecule has 0 spiro atoms. The summed E-state index contributed by atoms with van der Waals surface area (Å²) in [6.45, 7) is 0.485. The van der Waals surface area contributed by atoms with Crippen LogP contribution in [0.15, 0.2) is 35.3 Å². The minimum atomic E-state index is -0.0859. The number of nitrogens with one attached hydrogen (secondary N) is 1. The molecule has 1 fully saturated rings. The van der Waals surface area contributed by atoms with Gasteiger partial charge in [-0.2, -0.15) is 5.10 Å². The third-order valence-electron chi connectivity index (χ3n) is 4.03. The third-order valence-corrected chi connectivity index (χ3v) is 4.03. The highest BCUT2D eigenvalue weighted by Crippen LogP contribution is 2.17. The summed E-state index contributed by atoms with van der Waals surface area (Å²) in [7, 11) is 0. The predicted molar refractivity (Wildman–Crippen MR) is 81.0 cm³/mol. The molecular weight excluding hydrogens is 266 g/mol. The van der Waals surface area contributed by atoms with E-state index < -0.39 is 0 Å². The van der Waals surface area contributed by atoms with Gasteiger partial charge in [-0.05, 0) is 25.0 Å². The Bertz CT molecular complexity index is 702. The standard InChI is InChI=1S/C16H19N3O2/c20-15-11-17-19(14-8-4-3-7-13(14)15)10-9-16(21)18-12-5-1-2-6-12/h3-4,7-8,11-12H,1-2,5-6,9-10H2,(H,18,21). The molecule has 1 N–H and O–H groups in total. The smallest absolute Gasteiger partial charge is 0.222 e. The van der Waals surface area contributed by atoms with Gasteiger partial charge in [-0.1, -0.05) is 25.0 Å². The molecule has 0 aliphatic heterocycles. The molecular formula is C16H19N3O2. The molecule has 1 aromatic heterocycles. The maximum atomic E-state index is 12.0. The van der Waals surface area contributed by atoms with Crippen molar-refractivity contribution < 1.29 is 4.79 Å². The number of hydrogen-bond donors (Lipinski definition) is 1. The SMILES string of the molecule is O=C(CCn1ncc(=O)c2ccccc21)NC1CCCC1. The fourth-order valence-corrected chi connectivity index (χ4v) is 2.92. The molecule has 1 heterocycles. The molecule has 5 nitrogen and oxygen atoms in total. The summed E-state index contributed by atoms with van der Waals surface area (Å²) in [6.07, 6.45) is 6.29. The first-order valence-corrected chi connectivity index (χ1v) is 7.48. The maximum absolute atomic E-state index is 12.0. The molecule has 1 aliphatic carbocycles. The van der Waals surface area contributed by atoms with Gasteiger partial charge in [0.1, 0.15) is 0 Å². The Hall–Kier alpha value is -2.17. The van der Waals surface area contributed by atoms with Crippen LogP contribution >= 0.6 is 0 Å². The van der Waals surface area contributed by atoms with E-state index in [0.29, 0.717) is 24.4 Å².